The van der Waals surface area contributed by atoms with Crippen LogP contribution in [0.25, 0.3) is 10.1 Å². The van der Waals surface area contributed by atoms with E-state index in [4.69, 9.17) is 16.0 Å². The number of carbonyl (C=O) groups excluding carboxylic acids is 1. The fourth-order valence-corrected chi connectivity index (χ4v) is 3.39. The van der Waals surface area contributed by atoms with Crippen molar-refractivity contribution < 1.29 is 9.21 Å². The second-order valence-corrected chi connectivity index (χ2v) is 5.93. The van der Waals surface area contributed by atoms with E-state index in [1.807, 2.05) is 25.1 Å². The fraction of sp³-hybridized carbons (Fsp3) is 0.0667. The van der Waals surface area contributed by atoms with Crippen molar-refractivity contribution in [3.05, 3.63) is 57.8 Å². The highest BCUT2D eigenvalue weighted by molar-refractivity contribution is 7.21. The Bertz CT molecular complexity index is 822. The largest absolute Gasteiger partial charge is 0.472 e. The summed E-state index contributed by atoms with van der Waals surface area (Å²) in [6.45, 7) is 2.00. The molecule has 106 valence electrons. The van der Waals surface area contributed by atoms with Crippen molar-refractivity contribution in [2.75, 3.05) is 0 Å². The zero-order valence-corrected chi connectivity index (χ0v) is 12.7. The Hall–Kier alpha value is -2.11. The van der Waals surface area contributed by atoms with Gasteiger partial charge in [0.1, 0.15) is 4.88 Å². The molecule has 3 aromatic rings. The van der Waals surface area contributed by atoms with Crippen LogP contribution >= 0.6 is 22.9 Å². The van der Waals surface area contributed by atoms with Crippen molar-refractivity contribution in [3.8, 4) is 0 Å². The minimum atomic E-state index is -0.321. The summed E-state index contributed by atoms with van der Waals surface area (Å²) in [5, 5.41) is 5.23. The highest BCUT2D eigenvalue weighted by atomic mass is 35.5. The lowest BCUT2D eigenvalue weighted by Crippen LogP contribution is -2.16. The Kier molecular flexibility index (Phi) is 3.77. The predicted octanol–water partition coefficient (Wildman–Crippen LogP) is 4.22. The van der Waals surface area contributed by atoms with Gasteiger partial charge in [0, 0.05) is 15.6 Å². The SMILES string of the molecule is Cc1ccc2c(Cl)c(C(=O)N/N=C\c3ccoc3)sc2c1. The van der Waals surface area contributed by atoms with Crippen molar-refractivity contribution >= 4 is 45.1 Å². The molecular weight excluding hydrogens is 308 g/mol. The zero-order valence-electron chi connectivity index (χ0n) is 11.1. The number of rotatable bonds is 3. The fourth-order valence-electron chi connectivity index (χ4n) is 1.88. The van der Waals surface area contributed by atoms with Crippen LogP contribution in [0.4, 0.5) is 0 Å². The molecule has 0 radical (unpaired) electrons. The molecule has 1 aromatic carbocycles. The number of thiophene rings is 1. The van der Waals surface area contributed by atoms with Gasteiger partial charge in [0.15, 0.2) is 0 Å². The van der Waals surface area contributed by atoms with Crippen molar-refractivity contribution in [3.63, 3.8) is 0 Å². The summed E-state index contributed by atoms with van der Waals surface area (Å²) < 4.78 is 5.89. The number of hydrazone groups is 1. The maximum atomic E-state index is 12.1. The topological polar surface area (TPSA) is 54.6 Å². The summed E-state index contributed by atoms with van der Waals surface area (Å²) in [6, 6.07) is 7.65. The molecule has 0 unspecified atom stereocenters. The summed E-state index contributed by atoms with van der Waals surface area (Å²) in [5.74, 6) is -0.321. The van der Waals surface area contributed by atoms with Gasteiger partial charge in [-0.3, -0.25) is 4.79 Å². The standard InChI is InChI=1S/C15H11ClN2O2S/c1-9-2-3-11-12(6-9)21-14(13(11)16)15(19)18-17-7-10-4-5-20-8-10/h2-8H,1H3,(H,18,19)/b17-7-. The molecule has 0 saturated heterocycles. The molecule has 0 atom stereocenters. The molecular formula is C15H11ClN2O2S. The molecule has 0 aliphatic carbocycles. The van der Waals surface area contributed by atoms with Gasteiger partial charge in [0.25, 0.3) is 5.91 Å². The first-order valence-electron chi connectivity index (χ1n) is 6.19. The highest BCUT2D eigenvalue weighted by Crippen LogP contribution is 2.35. The number of benzene rings is 1. The number of fused-ring (bicyclic) bond motifs is 1. The van der Waals surface area contributed by atoms with Gasteiger partial charge in [-0.15, -0.1) is 11.3 Å². The van der Waals surface area contributed by atoms with E-state index in [2.05, 4.69) is 10.5 Å². The molecule has 3 rings (SSSR count). The molecule has 0 saturated carbocycles. The first kappa shape index (κ1) is 13.9. The van der Waals surface area contributed by atoms with Crippen LogP contribution in [0.2, 0.25) is 5.02 Å². The Balaban J connectivity index is 1.83. The molecule has 0 bridgehead atoms. The van der Waals surface area contributed by atoms with E-state index >= 15 is 0 Å². The number of nitrogens with zero attached hydrogens (tertiary/aromatic N) is 1. The van der Waals surface area contributed by atoms with E-state index in [1.54, 1.807) is 6.07 Å². The summed E-state index contributed by atoms with van der Waals surface area (Å²) >= 11 is 7.62. The van der Waals surface area contributed by atoms with Gasteiger partial charge in [0.05, 0.1) is 23.8 Å². The summed E-state index contributed by atoms with van der Waals surface area (Å²) in [7, 11) is 0. The van der Waals surface area contributed by atoms with Gasteiger partial charge in [0.2, 0.25) is 0 Å². The Morgan fingerprint density at radius 1 is 1.43 bits per heavy atom. The second-order valence-electron chi connectivity index (χ2n) is 4.50. The Morgan fingerprint density at radius 3 is 3.05 bits per heavy atom. The molecule has 1 amide bonds. The third kappa shape index (κ3) is 2.84. The van der Waals surface area contributed by atoms with Crippen LogP contribution in [0, 0.1) is 6.92 Å². The van der Waals surface area contributed by atoms with Gasteiger partial charge in [-0.2, -0.15) is 5.10 Å². The van der Waals surface area contributed by atoms with Gasteiger partial charge < -0.3 is 4.42 Å². The van der Waals surface area contributed by atoms with Gasteiger partial charge in [-0.05, 0) is 24.6 Å². The lowest BCUT2D eigenvalue weighted by molar-refractivity contribution is 0.0959. The molecule has 0 spiro atoms. The average molecular weight is 319 g/mol. The Labute approximate surface area is 130 Å². The Morgan fingerprint density at radius 2 is 2.29 bits per heavy atom. The van der Waals surface area contributed by atoms with E-state index in [-0.39, 0.29) is 5.91 Å². The van der Waals surface area contributed by atoms with Crippen molar-refractivity contribution in [2.24, 2.45) is 5.10 Å². The number of furan rings is 1. The minimum absolute atomic E-state index is 0.321. The number of aryl methyl sites for hydroxylation is 1. The van der Waals surface area contributed by atoms with Crippen molar-refractivity contribution in [1.82, 2.24) is 5.43 Å². The van der Waals surface area contributed by atoms with Crippen molar-refractivity contribution in [1.29, 1.82) is 0 Å². The molecule has 2 heterocycles. The van der Waals surface area contributed by atoms with Crippen LogP contribution in [0.5, 0.6) is 0 Å². The molecule has 0 aliphatic rings. The first-order valence-corrected chi connectivity index (χ1v) is 7.39. The number of carbonyl (C=O) groups is 1. The van der Waals surface area contributed by atoms with E-state index in [0.29, 0.717) is 9.90 Å². The summed E-state index contributed by atoms with van der Waals surface area (Å²) in [4.78, 5) is 12.6. The first-order chi connectivity index (χ1) is 10.1. The number of amides is 1. The third-order valence-corrected chi connectivity index (χ3v) is 4.57. The molecule has 0 aliphatic heterocycles. The van der Waals surface area contributed by atoms with Crippen LogP contribution < -0.4 is 5.43 Å². The van der Waals surface area contributed by atoms with E-state index < -0.39 is 0 Å². The number of nitrogens with one attached hydrogen (secondary N) is 1. The van der Waals surface area contributed by atoms with E-state index in [1.165, 1.54) is 30.1 Å². The average Bonchev–Trinajstić information content (AvgIpc) is 3.07. The van der Waals surface area contributed by atoms with Crippen LogP contribution in [-0.4, -0.2) is 12.1 Å². The highest BCUT2D eigenvalue weighted by Gasteiger charge is 2.16. The summed E-state index contributed by atoms with van der Waals surface area (Å²) in [5.41, 5.74) is 4.37. The van der Waals surface area contributed by atoms with Crippen LogP contribution in [0.1, 0.15) is 20.8 Å². The van der Waals surface area contributed by atoms with Crippen LogP contribution in [0.3, 0.4) is 0 Å². The van der Waals surface area contributed by atoms with Gasteiger partial charge >= 0.3 is 0 Å². The lowest BCUT2D eigenvalue weighted by atomic mass is 10.2. The summed E-state index contributed by atoms with van der Waals surface area (Å²) in [6.07, 6.45) is 4.58. The predicted molar refractivity (Wildman–Crippen MR) is 85.3 cm³/mol. The number of halogens is 1. The molecule has 21 heavy (non-hydrogen) atoms. The van der Waals surface area contributed by atoms with Gasteiger partial charge in [-0.1, -0.05) is 23.7 Å². The molecule has 2 aromatic heterocycles. The zero-order chi connectivity index (χ0) is 14.8. The van der Waals surface area contributed by atoms with Gasteiger partial charge in [-0.25, -0.2) is 5.43 Å². The van der Waals surface area contributed by atoms with Crippen LogP contribution in [0.15, 0.2) is 46.3 Å². The maximum Gasteiger partial charge on any atom is 0.283 e. The van der Waals surface area contributed by atoms with Crippen LogP contribution in [-0.2, 0) is 0 Å². The number of hydrogen-bond donors (Lipinski definition) is 1. The molecule has 6 heteroatoms. The smallest absolute Gasteiger partial charge is 0.283 e. The van der Waals surface area contributed by atoms with E-state index in [9.17, 15) is 4.79 Å². The monoisotopic (exact) mass is 318 g/mol. The normalized spacial score (nSPS) is 11.3. The molecule has 1 N–H and O–H groups in total. The minimum Gasteiger partial charge on any atom is -0.472 e. The number of hydrogen-bond acceptors (Lipinski definition) is 4. The quantitative estimate of drug-likeness (QED) is 0.580. The third-order valence-electron chi connectivity index (χ3n) is 2.91. The molecule has 4 nitrogen and oxygen atoms in total. The second kappa shape index (κ2) is 5.71. The van der Waals surface area contributed by atoms with Crippen molar-refractivity contribution in [2.45, 2.75) is 6.92 Å². The van der Waals surface area contributed by atoms with E-state index in [0.717, 1.165) is 21.2 Å². The lowest BCUT2D eigenvalue weighted by Gasteiger charge is -1.96. The maximum absolute atomic E-state index is 12.1. The molecule has 0 fully saturated rings.